The first-order valence-electron chi connectivity index (χ1n) is 7.53. The maximum absolute atomic E-state index is 12.2. The molecule has 0 fully saturated rings. The van der Waals surface area contributed by atoms with Gasteiger partial charge in [0, 0.05) is 5.02 Å². The standard InChI is InChI=1S/C18H17Cl2NO4.Na/c1-11(25-16-8-7-13(19)10-14(16)20)17(22)21-15(18(23)24)9-12-5-3-2-4-6-12;/h2-8,10-11,15H,9H2,1H3,(H,21,22)(H,23,24);/q;+1/p-1. The molecule has 0 aromatic heterocycles. The van der Waals surface area contributed by atoms with E-state index in [-0.39, 0.29) is 46.8 Å². The zero-order valence-corrected chi connectivity index (χ0v) is 17.9. The van der Waals surface area contributed by atoms with Gasteiger partial charge in [-0.3, -0.25) is 4.79 Å². The van der Waals surface area contributed by atoms with E-state index in [0.29, 0.717) is 5.02 Å². The maximum atomic E-state index is 12.2. The van der Waals surface area contributed by atoms with E-state index in [1.54, 1.807) is 30.3 Å². The van der Waals surface area contributed by atoms with Gasteiger partial charge in [0.1, 0.15) is 5.75 Å². The van der Waals surface area contributed by atoms with Crippen molar-refractivity contribution in [2.45, 2.75) is 25.5 Å². The monoisotopic (exact) mass is 403 g/mol. The number of carboxylic acid groups (broad SMARTS) is 1. The van der Waals surface area contributed by atoms with Gasteiger partial charge < -0.3 is 20.0 Å². The molecule has 8 heteroatoms. The SMILES string of the molecule is CC(Oc1ccc(Cl)cc1Cl)C(=O)NC(Cc1ccccc1)C(=O)[O-].[Na+]. The van der Waals surface area contributed by atoms with E-state index >= 15 is 0 Å². The van der Waals surface area contributed by atoms with Crippen LogP contribution >= 0.6 is 23.2 Å². The summed E-state index contributed by atoms with van der Waals surface area (Å²) in [5, 5.41) is 14.4. The number of amides is 1. The number of aliphatic carboxylic acids is 1. The fourth-order valence-electron chi connectivity index (χ4n) is 2.15. The zero-order chi connectivity index (χ0) is 18.4. The van der Waals surface area contributed by atoms with Crippen LogP contribution < -0.4 is 44.7 Å². The molecule has 5 nitrogen and oxygen atoms in total. The van der Waals surface area contributed by atoms with Gasteiger partial charge in [-0.25, -0.2) is 0 Å². The largest absolute Gasteiger partial charge is 1.00 e. The van der Waals surface area contributed by atoms with Crippen molar-refractivity contribution >= 4 is 35.1 Å². The summed E-state index contributed by atoms with van der Waals surface area (Å²) >= 11 is 11.8. The van der Waals surface area contributed by atoms with E-state index in [2.05, 4.69) is 5.32 Å². The minimum atomic E-state index is -1.37. The molecule has 26 heavy (non-hydrogen) atoms. The van der Waals surface area contributed by atoms with Gasteiger partial charge in [-0.15, -0.1) is 0 Å². The number of halogens is 2. The molecule has 2 rings (SSSR count). The topological polar surface area (TPSA) is 78.5 Å². The number of hydrogen-bond acceptors (Lipinski definition) is 4. The fraction of sp³-hybridized carbons (Fsp3) is 0.222. The van der Waals surface area contributed by atoms with E-state index in [9.17, 15) is 14.7 Å². The number of hydrogen-bond donors (Lipinski definition) is 1. The van der Waals surface area contributed by atoms with Crippen molar-refractivity contribution < 1.29 is 49.0 Å². The van der Waals surface area contributed by atoms with Crippen molar-refractivity contribution in [1.82, 2.24) is 5.32 Å². The van der Waals surface area contributed by atoms with Crippen LogP contribution in [-0.2, 0) is 16.0 Å². The molecule has 0 aliphatic rings. The summed E-state index contributed by atoms with van der Waals surface area (Å²) in [5.41, 5.74) is 0.770. The smallest absolute Gasteiger partial charge is 0.548 e. The molecule has 0 aliphatic heterocycles. The zero-order valence-electron chi connectivity index (χ0n) is 14.4. The molecule has 0 heterocycles. The van der Waals surface area contributed by atoms with Crippen LogP contribution in [0.25, 0.3) is 0 Å². The average molecular weight is 404 g/mol. The van der Waals surface area contributed by atoms with Gasteiger partial charge in [-0.1, -0.05) is 53.5 Å². The summed E-state index contributed by atoms with van der Waals surface area (Å²) in [5.74, 6) is -1.67. The second kappa shape index (κ2) is 10.8. The van der Waals surface area contributed by atoms with Gasteiger partial charge in [0.2, 0.25) is 0 Å². The minimum Gasteiger partial charge on any atom is -0.548 e. The van der Waals surface area contributed by atoms with Crippen molar-refractivity contribution in [3.05, 3.63) is 64.1 Å². The number of carbonyl (C=O) groups excluding carboxylic acids is 2. The molecule has 1 amide bonds. The van der Waals surface area contributed by atoms with Crippen LogP contribution in [0.2, 0.25) is 10.0 Å². The summed E-state index contributed by atoms with van der Waals surface area (Å²) in [7, 11) is 0. The maximum Gasteiger partial charge on any atom is 1.00 e. The van der Waals surface area contributed by atoms with Crippen molar-refractivity contribution in [2.75, 3.05) is 0 Å². The normalized spacial score (nSPS) is 12.4. The molecule has 0 spiro atoms. The Kier molecular flexibility index (Phi) is 9.47. The number of nitrogens with one attached hydrogen (secondary N) is 1. The van der Waals surface area contributed by atoms with Crippen LogP contribution in [0, 0.1) is 0 Å². The molecule has 0 bridgehead atoms. The van der Waals surface area contributed by atoms with E-state index in [4.69, 9.17) is 27.9 Å². The number of carboxylic acids is 1. The molecular weight excluding hydrogens is 388 g/mol. The third-order valence-electron chi connectivity index (χ3n) is 3.45. The van der Waals surface area contributed by atoms with Gasteiger partial charge in [-0.2, -0.15) is 0 Å². The molecule has 2 aromatic carbocycles. The van der Waals surface area contributed by atoms with Gasteiger partial charge in [-0.05, 0) is 37.1 Å². The van der Waals surface area contributed by atoms with E-state index < -0.39 is 24.0 Å². The van der Waals surface area contributed by atoms with Crippen molar-refractivity contribution in [3.8, 4) is 5.75 Å². The van der Waals surface area contributed by atoms with Gasteiger partial charge in [0.05, 0.1) is 17.0 Å². The Balaban J connectivity index is 0.00000338. The molecule has 0 radical (unpaired) electrons. The van der Waals surface area contributed by atoms with Crippen LogP contribution in [0.1, 0.15) is 12.5 Å². The molecule has 132 valence electrons. The van der Waals surface area contributed by atoms with Crippen LogP contribution in [0.5, 0.6) is 5.75 Å². The second-order valence-electron chi connectivity index (χ2n) is 5.40. The first-order valence-corrected chi connectivity index (χ1v) is 8.29. The van der Waals surface area contributed by atoms with Gasteiger partial charge in [0.15, 0.2) is 6.10 Å². The molecule has 0 aliphatic carbocycles. The van der Waals surface area contributed by atoms with E-state index in [1.165, 1.54) is 19.1 Å². The van der Waals surface area contributed by atoms with Crippen molar-refractivity contribution in [2.24, 2.45) is 0 Å². The number of benzene rings is 2. The quantitative estimate of drug-likeness (QED) is 0.616. The Morgan fingerprint density at radius 1 is 1.15 bits per heavy atom. The summed E-state index contributed by atoms with van der Waals surface area (Å²) in [6, 6.07) is 12.4. The fourth-order valence-corrected chi connectivity index (χ4v) is 2.60. The van der Waals surface area contributed by atoms with Crippen LogP contribution in [0.4, 0.5) is 0 Å². The molecule has 0 saturated carbocycles. The summed E-state index contributed by atoms with van der Waals surface area (Å²) in [6.07, 6.45) is -0.833. The predicted molar refractivity (Wildman–Crippen MR) is 93.6 cm³/mol. The van der Waals surface area contributed by atoms with Crippen molar-refractivity contribution in [3.63, 3.8) is 0 Å². The second-order valence-corrected chi connectivity index (χ2v) is 6.25. The third kappa shape index (κ3) is 6.82. The van der Waals surface area contributed by atoms with Crippen LogP contribution in [0.15, 0.2) is 48.5 Å². The molecular formula is C18H16Cl2NNaO4. The molecule has 2 aromatic rings. The minimum absolute atomic E-state index is 0. The van der Waals surface area contributed by atoms with Crippen LogP contribution in [-0.4, -0.2) is 24.0 Å². The number of rotatable bonds is 7. The summed E-state index contributed by atoms with van der Waals surface area (Å²) in [4.78, 5) is 23.5. The summed E-state index contributed by atoms with van der Waals surface area (Å²) < 4.78 is 5.48. The average Bonchev–Trinajstić information content (AvgIpc) is 2.57. The summed E-state index contributed by atoms with van der Waals surface area (Å²) in [6.45, 7) is 1.50. The Hall–Kier alpha value is -1.24. The van der Waals surface area contributed by atoms with E-state index in [0.717, 1.165) is 5.56 Å². The third-order valence-corrected chi connectivity index (χ3v) is 3.98. The van der Waals surface area contributed by atoms with Gasteiger partial charge >= 0.3 is 29.6 Å². The molecule has 2 atom stereocenters. The molecule has 2 unspecified atom stereocenters. The first-order chi connectivity index (χ1) is 11.9. The molecule has 1 N–H and O–H groups in total. The van der Waals surface area contributed by atoms with E-state index in [1.807, 2.05) is 6.07 Å². The molecule has 0 saturated heterocycles. The Labute approximate surface area is 183 Å². The predicted octanol–water partition coefficient (Wildman–Crippen LogP) is -0.758. The Bertz CT molecular complexity index is 758. The van der Waals surface area contributed by atoms with Gasteiger partial charge in [0.25, 0.3) is 5.91 Å². The Morgan fingerprint density at radius 2 is 1.81 bits per heavy atom. The van der Waals surface area contributed by atoms with Crippen molar-refractivity contribution in [1.29, 1.82) is 0 Å². The Morgan fingerprint density at radius 3 is 2.38 bits per heavy atom. The number of carbonyl (C=O) groups is 2. The number of ether oxygens (including phenoxy) is 1. The first kappa shape index (κ1) is 22.8. The van der Waals surface area contributed by atoms with Crippen LogP contribution in [0.3, 0.4) is 0 Å².